The molecular formula is C38H47N6O10P. The van der Waals surface area contributed by atoms with E-state index >= 15 is 0 Å². The van der Waals surface area contributed by atoms with Crippen molar-refractivity contribution in [3.8, 4) is 5.75 Å². The first-order chi connectivity index (χ1) is 26.5. The number of nitrogen functional groups attached to an aromatic ring is 1. The maximum Gasteiger partial charge on any atom is 0.459 e. The van der Waals surface area contributed by atoms with E-state index in [0.717, 1.165) is 37.5 Å². The van der Waals surface area contributed by atoms with Gasteiger partial charge in [-0.1, -0.05) is 56.7 Å². The number of rotatable bonds is 15. The number of benzene rings is 2. The average molecular weight is 779 g/mol. The van der Waals surface area contributed by atoms with Gasteiger partial charge >= 0.3 is 25.7 Å². The Bertz CT molecular complexity index is 2080. The number of anilines is 1. The van der Waals surface area contributed by atoms with Crippen molar-refractivity contribution in [1.82, 2.24) is 19.7 Å². The highest BCUT2D eigenvalue weighted by molar-refractivity contribution is 7.52. The molecule has 4 aromatic rings. The first kappa shape index (κ1) is 39.8. The highest BCUT2D eigenvalue weighted by Gasteiger charge is 2.61. The van der Waals surface area contributed by atoms with Crippen molar-refractivity contribution in [3.63, 3.8) is 0 Å². The molecular weight excluding hydrogens is 731 g/mol. The van der Waals surface area contributed by atoms with Crippen LogP contribution in [0.5, 0.6) is 5.75 Å². The number of ether oxygens (including phenoxy) is 4. The number of carbonyl (C=O) groups excluding carboxylic acids is 3. The van der Waals surface area contributed by atoms with E-state index in [-0.39, 0.29) is 30.5 Å². The summed E-state index contributed by atoms with van der Waals surface area (Å²) < 4.78 is 53.2. The molecule has 3 N–H and O–H groups in total. The van der Waals surface area contributed by atoms with Crippen LogP contribution >= 0.6 is 7.75 Å². The molecule has 0 bridgehead atoms. The summed E-state index contributed by atoms with van der Waals surface area (Å²) in [4.78, 5) is 47.7. The van der Waals surface area contributed by atoms with Crippen LogP contribution < -0.4 is 15.3 Å². The summed E-state index contributed by atoms with van der Waals surface area (Å²) in [5.41, 5.74) is 5.18. The zero-order valence-electron chi connectivity index (χ0n) is 31.3. The maximum atomic E-state index is 14.9. The van der Waals surface area contributed by atoms with Crippen LogP contribution in [0.2, 0.25) is 0 Å². The Labute approximate surface area is 318 Å². The topological polar surface area (TPSA) is 204 Å². The van der Waals surface area contributed by atoms with Crippen LogP contribution in [-0.2, 0) is 48.0 Å². The van der Waals surface area contributed by atoms with Crippen molar-refractivity contribution in [2.75, 3.05) is 19.4 Å². The number of carbonyl (C=O) groups is 3. The molecule has 294 valence electrons. The van der Waals surface area contributed by atoms with Crippen molar-refractivity contribution >= 4 is 54.0 Å². The van der Waals surface area contributed by atoms with E-state index in [0.29, 0.717) is 16.6 Å². The highest BCUT2D eigenvalue weighted by Crippen LogP contribution is 2.49. The molecule has 1 aliphatic carbocycles. The van der Waals surface area contributed by atoms with Gasteiger partial charge in [0, 0.05) is 31.5 Å². The second-order valence-corrected chi connectivity index (χ2v) is 15.2. The lowest BCUT2D eigenvalue weighted by atomic mass is 9.91. The molecule has 6 rings (SSSR count). The van der Waals surface area contributed by atoms with Crippen molar-refractivity contribution in [2.24, 2.45) is 4.99 Å². The van der Waals surface area contributed by atoms with Crippen LogP contribution in [0, 0.1) is 0 Å². The zero-order valence-corrected chi connectivity index (χ0v) is 32.2. The zero-order chi connectivity index (χ0) is 39.2. The van der Waals surface area contributed by atoms with E-state index in [1.165, 1.54) is 31.0 Å². The van der Waals surface area contributed by atoms with Crippen LogP contribution in [0.3, 0.4) is 0 Å². The molecule has 1 saturated carbocycles. The number of aliphatic imine (C=N–C) groups is 1. The molecule has 1 aliphatic heterocycles. The molecule has 3 heterocycles. The second kappa shape index (κ2) is 17.3. The van der Waals surface area contributed by atoms with Gasteiger partial charge in [-0.15, -0.1) is 0 Å². The molecule has 2 aromatic heterocycles. The molecule has 0 spiro atoms. The lowest BCUT2D eigenvalue weighted by molar-refractivity contribution is -0.168. The number of nitrogens with one attached hydrogen (secondary N) is 1. The molecule has 1 saturated heterocycles. The average Bonchev–Trinajstić information content (AvgIpc) is 3.75. The molecule has 6 atom stereocenters. The summed E-state index contributed by atoms with van der Waals surface area (Å²) in [5.74, 6) is -1.46. The molecule has 2 aliphatic rings. The maximum absolute atomic E-state index is 14.9. The summed E-state index contributed by atoms with van der Waals surface area (Å²) in [6.07, 6.45) is 2.99. The Morgan fingerprint density at radius 3 is 2.51 bits per heavy atom. The van der Waals surface area contributed by atoms with Crippen molar-refractivity contribution in [1.29, 1.82) is 0 Å². The van der Waals surface area contributed by atoms with Gasteiger partial charge in [-0.3, -0.25) is 23.9 Å². The predicted molar refractivity (Wildman–Crippen MR) is 202 cm³/mol. The summed E-state index contributed by atoms with van der Waals surface area (Å²) in [5, 5.41) is 8.60. The largest absolute Gasteiger partial charge is 0.461 e. The molecule has 16 nitrogen and oxygen atoms in total. The van der Waals surface area contributed by atoms with Crippen LogP contribution in [0.15, 0.2) is 65.9 Å². The third-order valence-corrected chi connectivity index (χ3v) is 11.3. The van der Waals surface area contributed by atoms with E-state index in [2.05, 4.69) is 20.2 Å². The van der Waals surface area contributed by atoms with Gasteiger partial charge in [-0.25, -0.2) is 14.1 Å². The normalized spacial score (nSPS) is 23.4. The highest BCUT2D eigenvalue weighted by atomic mass is 31.2. The Morgan fingerprint density at radius 2 is 1.76 bits per heavy atom. The number of hydrogen-bond acceptors (Lipinski definition) is 14. The van der Waals surface area contributed by atoms with Gasteiger partial charge in [-0.2, -0.15) is 10.2 Å². The fourth-order valence-corrected chi connectivity index (χ4v) is 8.45. The van der Waals surface area contributed by atoms with E-state index in [1.807, 2.05) is 24.3 Å². The van der Waals surface area contributed by atoms with Crippen LogP contribution in [-0.4, -0.2) is 82.8 Å². The van der Waals surface area contributed by atoms with Gasteiger partial charge < -0.3 is 29.2 Å². The molecule has 0 radical (unpaired) electrons. The van der Waals surface area contributed by atoms with E-state index < -0.39 is 62.2 Å². The minimum absolute atomic E-state index is 0.0116. The minimum Gasteiger partial charge on any atom is -0.461 e. The van der Waals surface area contributed by atoms with E-state index in [4.69, 9.17) is 33.7 Å². The molecule has 1 unspecified atom stereocenters. The van der Waals surface area contributed by atoms with E-state index in [1.54, 1.807) is 44.2 Å². The second-order valence-electron chi connectivity index (χ2n) is 13.5. The number of hydrogen-bond donors (Lipinski definition) is 2. The third kappa shape index (κ3) is 8.67. The molecule has 2 fully saturated rings. The van der Waals surface area contributed by atoms with Gasteiger partial charge in [0.15, 0.2) is 23.6 Å². The van der Waals surface area contributed by atoms with Crippen molar-refractivity contribution in [2.45, 2.75) is 102 Å². The lowest BCUT2D eigenvalue weighted by Crippen LogP contribution is -2.47. The predicted octanol–water partition coefficient (Wildman–Crippen LogP) is 5.46. The minimum atomic E-state index is -4.50. The number of nitrogens with two attached hydrogens (primary N) is 1. The number of aromatic nitrogens is 3. The molecule has 0 amide bonds. The Morgan fingerprint density at radius 1 is 1.04 bits per heavy atom. The van der Waals surface area contributed by atoms with Gasteiger partial charge in [0.25, 0.3) is 0 Å². The van der Waals surface area contributed by atoms with Crippen LogP contribution in [0.4, 0.5) is 5.82 Å². The molecule has 55 heavy (non-hydrogen) atoms. The standard InChI is InChI=1S/C38H47N6O10P/c1-5-32(45)51-34-30(53-38(22-40-4,35(34)52-33(46)6-2)31-20-19-28-36(39)41-23-42-44(28)31)21-49-55(48,43-24(3)37(47)50-26-15-8-7-9-16-26)54-29-18-12-14-25-13-10-11-17-27(25)29/h10-14,17-20,22-24,26,30,34-35H,5-9,15-16,21H2,1-4H3,(H,43,48)(H2,39,41,42)/t24-,30+,34+,35+,38-,55?/m0/s1. The summed E-state index contributed by atoms with van der Waals surface area (Å²) in [6.45, 7) is 4.21. The number of fused-ring (bicyclic) bond motifs is 2. The van der Waals surface area contributed by atoms with Gasteiger partial charge in [0.05, 0.1) is 12.3 Å². The smallest absolute Gasteiger partial charge is 0.459 e. The number of esters is 3. The van der Waals surface area contributed by atoms with Crippen molar-refractivity contribution in [3.05, 3.63) is 66.6 Å². The van der Waals surface area contributed by atoms with Gasteiger partial charge in [-0.05, 0) is 56.2 Å². The first-order valence-corrected chi connectivity index (χ1v) is 20.0. The Hall–Kier alpha value is -4.89. The monoisotopic (exact) mass is 778 g/mol. The van der Waals surface area contributed by atoms with E-state index in [9.17, 15) is 18.9 Å². The van der Waals surface area contributed by atoms with Crippen LogP contribution in [0.25, 0.3) is 16.3 Å². The fourth-order valence-electron chi connectivity index (χ4n) is 6.93. The number of nitrogens with zero attached hydrogens (tertiary/aromatic N) is 4. The third-order valence-electron chi connectivity index (χ3n) is 9.66. The molecule has 2 aromatic carbocycles. The van der Waals surface area contributed by atoms with Gasteiger partial charge in [0.1, 0.15) is 35.8 Å². The fraction of sp³-hybridized carbons (Fsp3) is 0.474. The first-order valence-electron chi connectivity index (χ1n) is 18.5. The Kier molecular flexibility index (Phi) is 12.5. The summed E-state index contributed by atoms with van der Waals surface area (Å²) in [7, 11) is -3.00. The Balaban J connectivity index is 1.38. The van der Waals surface area contributed by atoms with Crippen LogP contribution in [0.1, 0.15) is 71.4 Å². The molecule has 17 heteroatoms. The summed E-state index contributed by atoms with van der Waals surface area (Å²) in [6, 6.07) is 14.8. The quantitative estimate of drug-likeness (QED) is 0.0666. The lowest BCUT2D eigenvalue weighted by Gasteiger charge is -2.31. The van der Waals surface area contributed by atoms with Crippen molar-refractivity contribution < 1.29 is 46.9 Å². The van der Waals surface area contributed by atoms with Gasteiger partial charge in [0.2, 0.25) is 0 Å². The summed E-state index contributed by atoms with van der Waals surface area (Å²) >= 11 is 0. The SMILES string of the molecule is CCC(=O)O[C@H]1[C@@H](OC(=O)CC)[C@](C=NC)(c2ccc3c(N)ncnn23)O[C@@H]1COP(=O)(N[C@@H](C)C(=O)OC1CCCCC1)Oc1cccc2ccccc12.